The fraction of sp³-hybridized carbons (Fsp3) is 0.167. The van der Waals surface area contributed by atoms with E-state index < -0.39 is 10.9 Å². The van der Waals surface area contributed by atoms with Crippen LogP contribution >= 0.6 is 0 Å². The number of non-ortho nitro benzene ring substituents is 1. The summed E-state index contributed by atoms with van der Waals surface area (Å²) in [5.74, 6) is 0.212. The van der Waals surface area contributed by atoms with E-state index in [-0.39, 0.29) is 31.0 Å². The van der Waals surface area contributed by atoms with Gasteiger partial charge >= 0.3 is 5.97 Å². The molecule has 8 nitrogen and oxygen atoms in total. The van der Waals surface area contributed by atoms with E-state index in [9.17, 15) is 19.7 Å². The summed E-state index contributed by atoms with van der Waals surface area (Å²) in [6.07, 6.45) is -0.00726. The van der Waals surface area contributed by atoms with Crippen LogP contribution in [0.5, 0.6) is 11.5 Å². The minimum Gasteiger partial charge on any atom is -0.461 e. The highest BCUT2D eigenvalue weighted by molar-refractivity contribution is 5.92. The molecule has 3 aromatic carbocycles. The Labute approximate surface area is 184 Å². The Bertz CT molecular complexity index is 1090. The number of benzene rings is 3. The number of anilines is 1. The molecule has 0 fully saturated rings. The van der Waals surface area contributed by atoms with Gasteiger partial charge in [0.1, 0.15) is 18.1 Å². The van der Waals surface area contributed by atoms with Crippen LogP contribution in [-0.4, -0.2) is 16.8 Å². The maximum absolute atomic E-state index is 12.0. The minimum absolute atomic E-state index is 0.0226. The minimum atomic E-state index is -0.481. The summed E-state index contributed by atoms with van der Waals surface area (Å²) in [4.78, 5) is 34.2. The zero-order valence-corrected chi connectivity index (χ0v) is 17.4. The second kappa shape index (κ2) is 10.7. The van der Waals surface area contributed by atoms with Gasteiger partial charge in [0.05, 0.1) is 11.3 Å². The van der Waals surface area contributed by atoms with Crippen LogP contribution in [0.3, 0.4) is 0 Å². The van der Waals surface area contributed by atoms with Crippen LogP contribution in [0.15, 0.2) is 72.8 Å². The SMILES string of the molecule is Cc1ccc(NC(=O)CCC(=O)OCc2cccc(Oc3ccc([N+](=O)[O-])cc3)c2)cc1. The van der Waals surface area contributed by atoms with Crippen molar-refractivity contribution >= 4 is 23.3 Å². The van der Waals surface area contributed by atoms with Gasteiger partial charge in [-0.05, 0) is 48.9 Å². The summed E-state index contributed by atoms with van der Waals surface area (Å²) >= 11 is 0. The van der Waals surface area contributed by atoms with Crippen LogP contribution < -0.4 is 10.1 Å². The first-order valence-electron chi connectivity index (χ1n) is 9.92. The molecule has 32 heavy (non-hydrogen) atoms. The third kappa shape index (κ3) is 6.94. The van der Waals surface area contributed by atoms with Crippen LogP contribution in [-0.2, 0) is 20.9 Å². The monoisotopic (exact) mass is 434 g/mol. The number of hydrogen-bond acceptors (Lipinski definition) is 6. The van der Waals surface area contributed by atoms with Gasteiger partial charge < -0.3 is 14.8 Å². The van der Waals surface area contributed by atoms with E-state index in [0.29, 0.717) is 22.7 Å². The quantitative estimate of drug-likeness (QED) is 0.283. The van der Waals surface area contributed by atoms with Crippen molar-refractivity contribution in [3.8, 4) is 11.5 Å². The van der Waals surface area contributed by atoms with Gasteiger partial charge in [-0.2, -0.15) is 0 Å². The first kappa shape index (κ1) is 22.5. The van der Waals surface area contributed by atoms with Gasteiger partial charge in [0, 0.05) is 24.2 Å². The fourth-order valence-corrected chi connectivity index (χ4v) is 2.78. The maximum atomic E-state index is 12.0. The van der Waals surface area contributed by atoms with Crippen LogP contribution in [0.1, 0.15) is 24.0 Å². The molecule has 0 saturated carbocycles. The number of esters is 1. The number of rotatable bonds is 9. The average Bonchev–Trinajstić information content (AvgIpc) is 2.78. The highest BCUT2D eigenvalue weighted by atomic mass is 16.6. The predicted octanol–water partition coefficient (Wildman–Crippen LogP) is 5.16. The van der Waals surface area contributed by atoms with Crippen molar-refractivity contribution < 1.29 is 24.0 Å². The number of hydrogen-bond donors (Lipinski definition) is 1. The van der Waals surface area contributed by atoms with Crippen LogP contribution in [0.2, 0.25) is 0 Å². The molecular formula is C24H22N2O6. The highest BCUT2D eigenvalue weighted by Crippen LogP contribution is 2.24. The van der Waals surface area contributed by atoms with Crippen molar-refractivity contribution in [2.75, 3.05) is 5.32 Å². The van der Waals surface area contributed by atoms with Crippen molar-refractivity contribution in [1.82, 2.24) is 0 Å². The molecule has 0 aromatic heterocycles. The van der Waals surface area contributed by atoms with Gasteiger partial charge in [0.25, 0.3) is 5.69 Å². The van der Waals surface area contributed by atoms with E-state index in [0.717, 1.165) is 5.56 Å². The molecule has 0 aliphatic carbocycles. The van der Waals surface area contributed by atoms with Crippen molar-refractivity contribution in [2.24, 2.45) is 0 Å². The lowest BCUT2D eigenvalue weighted by atomic mass is 10.2. The molecule has 1 N–H and O–H groups in total. The first-order chi connectivity index (χ1) is 15.4. The molecule has 0 saturated heterocycles. The molecule has 3 aromatic rings. The third-order valence-electron chi connectivity index (χ3n) is 4.47. The van der Waals surface area contributed by atoms with Gasteiger partial charge in [-0.25, -0.2) is 0 Å². The van der Waals surface area contributed by atoms with Crippen molar-refractivity contribution in [2.45, 2.75) is 26.4 Å². The zero-order valence-electron chi connectivity index (χ0n) is 17.4. The standard InChI is InChI=1S/C24H22N2O6/c1-17-5-7-19(8-6-17)25-23(27)13-14-24(28)31-16-18-3-2-4-22(15-18)32-21-11-9-20(10-12-21)26(29)30/h2-12,15H,13-14,16H2,1H3,(H,25,27). The molecule has 3 rings (SSSR count). The molecule has 164 valence electrons. The molecule has 0 heterocycles. The largest absolute Gasteiger partial charge is 0.461 e. The second-order valence-electron chi connectivity index (χ2n) is 7.08. The van der Waals surface area contributed by atoms with Gasteiger partial charge in [-0.3, -0.25) is 19.7 Å². The van der Waals surface area contributed by atoms with E-state index >= 15 is 0 Å². The number of nitrogens with one attached hydrogen (secondary N) is 1. The molecule has 0 aliphatic heterocycles. The van der Waals surface area contributed by atoms with Gasteiger partial charge in [-0.15, -0.1) is 0 Å². The normalized spacial score (nSPS) is 10.3. The summed E-state index contributed by atoms with van der Waals surface area (Å²) < 4.78 is 10.9. The van der Waals surface area contributed by atoms with E-state index in [2.05, 4.69) is 5.32 Å². The number of amides is 1. The molecule has 1 amide bonds. The van der Waals surface area contributed by atoms with E-state index in [1.54, 1.807) is 36.4 Å². The van der Waals surface area contributed by atoms with E-state index in [4.69, 9.17) is 9.47 Å². The summed E-state index contributed by atoms with van der Waals surface area (Å²) in [6.45, 7) is 2.00. The van der Waals surface area contributed by atoms with Crippen molar-refractivity contribution in [3.05, 3.63) is 94.0 Å². The average molecular weight is 434 g/mol. The molecule has 0 unspecified atom stereocenters. The number of nitro groups is 1. The van der Waals surface area contributed by atoms with Crippen molar-refractivity contribution in [3.63, 3.8) is 0 Å². The topological polar surface area (TPSA) is 108 Å². The molecule has 0 bridgehead atoms. The molecule has 0 atom stereocenters. The molecule has 8 heteroatoms. The maximum Gasteiger partial charge on any atom is 0.306 e. The summed E-state index contributed by atoms with van der Waals surface area (Å²) in [5, 5.41) is 13.5. The number of nitrogens with zero attached hydrogens (tertiary/aromatic N) is 1. The fourth-order valence-electron chi connectivity index (χ4n) is 2.78. The Balaban J connectivity index is 1.44. The summed E-state index contributed by atoms with van der Waals surface area (Å²) in [7, 11) is 0. The molecule has 0 radical (unpaired) electrons. The smallest absolute Gasteiger partial charge is 0.306 e. The summed E-state index contributed by atoms with van der Waals surface area (Å²) in [5.41, 5.74) is 2.46. The van der Waals surface area contributed by atoms with Crippen LogP contribution in [0.4, 0.5) is 11.4 Å². The number of ether oxygens (including phenoxy) is 2. The molecule has 0 spiro atoms. The molecule has 0 aliphatic rings. The van der Waals surface area contributed by atoms with Crippen LogP contribution in [0.25, 0.3) is 0 Å². The number of carbonyl (C=O) groups excluding carboxylic acids is 2. The Morgan fingerprint density at radius 2 is 1.66 bits per heavy atom. The van der Waals surface area contributed by atoms with Crippen LogP contribution in [0, 0.1) is 17.0 Å². The number of nitro benzene ring substituents is 1. The third-order valence-corrected chi connectivity index (χ3v) is 4.47. The van der Waals surface area contributed by atoms with Gasteiger partial charge in [0.2, 0.25) is 5.91 Å². The first-order valence-corrected chi connectivity index (χ1v) is 9.92. The van der Waals surface area contributed by atoms with E-state index in [1.807, 2.05) is 19.1 Å². The number of carbonyl (C=O) groups is 2. The Morgan fingerprint density at radius 3 is 2.34 bits per heavy atom. The predicted molar refractivity (Wildman–Crippen MR) is 118 cm³/mol. The highest BCUT2D eigenvalue weighted by Gasteiger charge is 2.10. The van der Waals surface area contributed by atoms with Gasteiger partial charge in [0.15, 0.2) is 0 Å². The van der Waals surface area contributed by atoms with Gasteiger partial charge in [-0.1, -0.05) is 29.8 Å². The Hall–Kier alpha value is -4.20. The molecular weight excluding hydrogens is 412 g/mol. The second-order valence-corrected chi connectivity index (χ2v) is 7.08. The lowest BCUT2D eigenvalue weighted by Gasteiger charge is -2.09. The zero-order chi connectivity index (χ0) is 22.9. The lowest BCUT2D eigenvalue weighted by molar-refractivity contribution is -0.384. The Kier molecular flexibility index (Phi) is 7.53. The number of aryl methyl sites for hydroxylation is 1. The Morgan fingerprint density at radius 1 is 0.938 bits per heavy atom. The summed E-state index contributed by atoms with van der Waals surface area (Å²) in [6, 6.07) is 20.1. The lowest BCUT2D eigenvalue weighted by Crippen LogP contribution is -2.14. The van der Waals surface area contributed by atoms with Crippen molar-refractivity contribution in [1.29, 1.82) is 0 Å². The van der Waals surface area contributed by atoms with E-state index in [1.165, 1.54) is 24.3 Å².